The molecule has 0 fully saturated rings. The third kappa shape index (κ3) is 6.67. The number of furan rings is 2. The lowest BCUT2D eigenvalue weighted by Crippen LogP contribution is -2.19. The molecule has 0 radical (unpaired) electrons. The summed E-state index contributed by atoms with van der Waals surface area (Å²) in [5.74, 6) is -2.19. The van der Waals surface area contributed by atoms with Gasteiger partial charge in [-0.05, 0) is 61.6 Å². The van der Waals surface area contributed by atoms with Gasteiger partial charge in [-0.1, -0.05) is 43.7 Å². The molecule has 0 aliphatic heterocycles. The molecular weight excluding hydrogens is 548 g/mol. The van der Waals surface area contributed by atoms with Crippen LogP contribution in [0.3, 0.4) is 0 Å². The van der Waals surface area contributed by atoms with Crippen molar-refractivity contribution in [2.24, 2.45) is 23.1 Å². The molecule has 3 aromatic heterocycles. The molecule has 4 rings (SSSR count). The third-order valence-electron chi connectivity index (χ3n) is 6.40. The molecule has 0 aliphatic rings. The van der Waals surface area contributed by atoms with Gasteiger partial charge in [0.1, 0.15) is 0 Å². The van der Waals surface area contributed by atoms with Crippen molar-refractivity contribution in [1.82, 2.24) is 4.98 Å². The summed E-state index contributed by atoms with van der Waals surface area (Å²) in [4.78, 5) is 42.1. The first-order valence-corrected chi connectivity index (χ1v) is 12.8. The van der Waals surface area contributed by atoms with Crippen molar-refractivity contribution in [2.75, 3.05) is 0 Å². The fourth-order valence-corrected chi connectivity index (χ4v) is 4.54. The van der Waals surface area contributed by atoms with Crippen molar-refractivity contribution in [1.29, 1.82) is 0 Å². The molecule has 0 bridgehead atoms. The number of carbonyl (C=O) groups is 3. The number of hydrogen-bond donors (Lipinski definition) is 3. The third-order valence-corrected chi connectivity index (χ3v) is 6.40. The van der Waals surface area contributed by atoms with Crippen LogP contribution in [0.25, 0.3) is 11.1 Å². The topological polar surface area (TPSA) is 178 Å². The van der Waals surface area contributed by atoms with E-state index in [4.69, 9.17) is 35.8 Å². The van der Waals surface area contributed by atoms with Crippen molar-refractivity contribution in [3.05, 3.63) is 99.7 Å². The number of ether oxygens (including phenoxy) is 1. The van der Waals surface area contributed by atoms with Gasteiger partial charge < -0.3 is 30.8 Å². The lowest BCUT2D eigenvalue weighted by Gasteiger charge is -2.22. The number of carbonyl (C=O) groups excluding carboxylic acids is 3. The molecule has 0 atom stereocenters. The standard InChI is InChI=1S/C30H32N4O6.ClH/c1-15(2)13-20-19(14-31)26(18-7-5-16(3)6-8-18)25(17(4)34-20)30(37)40-27(21-9-11-23(38-21)28(32)35)22-10-12-24(39-22)29(33)36;/h5-12,15,27H,13-14,31H2,1-4H3,(H2,32,35)(H2,33,36);1H. The Hall–Kier alpha value is -4.41. The summed E-state index contributed by atoms with van der Waals surface area (Å²) in [6.07, 6.45) is -0.593. The van der Waals surface area contributed by atoms with E-state index in [9.17, 15) is 14.4 Å². The second-order valence-corrected chi connectivity index (χ2v) is 9.96. The Morgan fingerprint density at radius 1 is 0.878 bits per heavy atom. The van der Waals surface area contributed by atoms with Crippen molar-refractivity contribution in [3.63, 3.8) is 0 Å². The molecule has 2 amide bonds. The maximum atomic E-state index is 14.0. The first-order valence-electron chi connectivity index (χ1n) is 12.8. The first-order chi connectivity index (χ1) is 19.0. The number of aryl methyl sites for hydroxylation is 2. The molecule has 0 aliphatic carbocycles. The smallest absolute Gasteiger partial charge is 0.341 e. The minimum atomic E-state index is -1.27. The minimum Gasteiger partial charge on any atom is -0.451 e. The second kappa shape index (κ2) is 12.8. The fraction of sp³-hybridized carbons (Fsp3) is 0.267. The molecule has 0 saturated heterocycles. The number of benzene rings is 1. The van der Waals surface area contributed by atoms with Gasteiger partial charge in [0.25, 0.3) is 11.8 Å². The second-order valence-electron chi connectivity index (χ2n) is 9.96. The van der Waals surface area contributed by atoms with E-state index in [1.165, 1.54) is 24.3 Å². The zero-order valence-corrected chi connectivity index (χ0v) is 24.0. The van der Waals surface area contributed by atoms with Gasteiger partial charge in [-0.2, -0.15) is 0 Å². The Morgan fingerprint density at radius 3 is 1.85 bits per heavy atom. The van der Waals surface area contributed by atoms with Gasteiger partial charge in [-0.3, -0.25) is 14.6 Å². The Kier molecular flexibility index (Phi) is 9.75. The van der Waals surface area contributed by atoms with E-state index in [0.717, 1.165) is 22.4 Å². The van der Waals surface area contributed by atoms with E-state index in [1.54, 1.807) is 6.92 Å². The average molecular weight is 581 g/mol. The number of nitrogens with zero attached hydrogens (tertiary/aromatic N) is 1. The summed E-state index contributed by atoms with van der Waals surface area (Å²) in [6.45, 7) is 8.04. The largest absolute Gasteiger partial charge is 0.451 e. The van der Waals surface area contributed by atoms with Crippen molar-refractivity contribution < 1.29 is 28.0 Å². The molecule has 0 spiro atoms. The summed E-state index contributed by atoms with van der Waals surface area (Å²) in [7, 11) is 0. The Labute approximate surface area is 243 Å². The molecule has 4 aromatic rings. The molecule has 0 unspecified atom stereocenters. The van der Waals surface area contributed by atoms with E-state index < -0.39 is 23.9 Å². The zero-order chi connectivity index (χ0) is 29.1. The number of hydrogen-bond acceptors (Lipinski definition) is 8. The number of aromatic nitrogens is 1. The first kappa shape index (κ1) is 31.1. The van der Waals surface area contributed by atoms with E-state index in [0.29, 0.717) is 23.6 Å². The molecule has 3 heterocycles. The van der Waals surface area contributed by atoms with Gasteiger partial charge in [0.15, 0.2) is 23.0 Å². The van der Waals surface area contributed by atoms with Gasteiger partial charge in [-0.15, -0.1) is 12.4 Å². The molecule has 1 aromatic carbocycles. The summed E-state index contributed by atoms with van der Waals surface area (Å²) in [5, 5.41) is 0. The highest BCUT2D eigenvalue weighted by molar-refractivity contribution is 6.00. The summed E-state index contributed by atoms with van der Waals surface area (Å²) in [6, 6.07) is 13.3. The maximum absolute atomic E-state index is 14.0. The summed E-state index contributed by atoms with van der Waals surface area (Å²) in [5.41, 5.74) is 21.7. The highest BCUT2D eigenvalue weighted by Gasteiger charge is 2.31. The molecule has 11 heteroatoms. The van der Waals surface area contributed by atoms with Crippen LogP contribution in [0, 0.1) is 19.8 Å². The van der Waals surface area contributed by atoms with E-state index >= 15 is 0 Å². The molecular formula is C30H33ClN4O6. The van der Waals surface area contributed by atoms with Crippen molar-refractivity contribution in [2.45, 2.75) is 46.8 Å². The number of halogens is 1. The maximum Gasteiger partial charge on any atom is 0.341 e. The predicted octanol–water partition coefficient (Wildman–Crippen LogP) is 4.77. The Morgan fingerprint density at radius 2 is 1.41 bits per heavy atom. The summed E-state index contributed by atoms with van der Waals surface area (Å²) >= 11 is 0. The van der Waals surface area contributed by atoms with Crippen LogP contribution < -0.4 is 17.2 Å². The van der Waals surface area contributed by atoms with Crippen LogP contribution in [0.15, 0.2) is 57.4 Å². The van der Waals surface area contributed by atoms with Gasteiger partial charge in [-0.25, -0.2) is 4.79 Å². The zero-order valence-electron chi connectivity index (χ0n) is 23.2. The number of amides is 2. The number of primary amides is 2. The highest BCUT2D eigenvalue weighted by atomic mass is 35.5. The monoisotopic (exact) mass is 580 g/mol. The van der Waals surface area contributed by atoms with Crippen molar-refractivity contribution in [3.8, 4) is 11.1 Å². The van der Waals surface area contributed by atoms with Crippen LogP contribution in [0.1, 0.15) is 85.5 Å². The quantitative estimate of drug-likeness (QED) is 0.224. The van der Waals surface area contributed by atoms with Crippen LogP contribution >= 0.6 is 12.4 Å². The van der Waals surface area contributed by atoms with Crippen LogP contribution in [0.4, 0.5) is 0 Å². The predicted molar refractivity (Wildman–Crippen MR) is 155 cm³/mol. The lowest BCUT2D eigenvalue weighted by molar-refractivity contribution is 0.0288. The number of rotatable bonds is 10. The van der Waals surface area contributed by atoms with E-state index in [1.807, 2.05) is 31.2 Å². The van der Waals surface area contributed by atoms with Gasteiger partial charge in [0, 0.05) is 17.8 Å². The van der Waals surface area contributed by atoms with Crippen molar-refractivity contribution >= 4 is 30.2 Å². The average Bonchev–Trinajstić information content (AvgIpc) is 3.58. The van der Waals surface area contributed by atoms with Crippen LogP contribution in [-0.4, -0.2) is 22.8 Å². The van der Waals surface area contributed by atoms with Crippen LogP contribution in [0.2, 0.25) is 0 Å². The van der Waals surface area contributed by atoms with Crippen LogP contribution in [0.5, 0.6) is 0 Å². The van der Waals surface area contributed by atoms with E-state index in [-0.39, 0.29) is 47.6 Å². The Balaban J connectivity index is 0.00000462. The molecule has 10 nitrogen and oxygen atoms in total. The fourth-order valence-electron chi connectivity index (χ4n) is 4.54. The molecule has 6 N–H and O–H groups in total. The van der Waals surface area contributed by atoms with Crippen LogP contribution in [-0.2, 0) is 17.7 Å². The Bertz CT molecular complexity index is 1520. The normalized spacial score (nSPS) is 11.0. The minimum absolute atomic E-state index is 0. The lowest BCUT2D eigenvalue weighted by atomic mass is 9.89. The molecule has 0 saturated carbocycles. The number of pyridine rings is 1. The number of nitrogens with two attached hydrogens (primary N) is 3. The van der Waals surface area contributed by atoms with Gasteiger partial charge in [0.2, 0.25) is 6.10 Å². The molecule has 41 heavy (non-hydrogen) atoms. The SMILES string of the molecule is Cc1ccc(-c2c(CN)c(CC(C)C)nc(C)c2C(=O)OC(c2ccc(C(N)=O)o2)c2ccc(C(N)=O)o2)cc1.Cl. The highest BCUT2D eigenvalue weighted by Crippen LogP contribution is 2.36. The number of esters is 1. The van der Waals surface area contributed by atoms with Gasteiger partial charge >= 0.3 is 5.97 Å². The van der Waals surface area contributed by atoms with E-state index in [2.05, 4.69) is 13.8 Å². The summed E-state index contributed by atoms with van der Waals surface area (Å²) < 4.78 is 17.1. The molecule has 216 valence electrons. The van der Waals surface area contributed by atoms with Gasteiger partial charge in [0.05, 0.1) is 11.3 Å².